The number of ether oxygens (including phenoxy) is 2. The lowest BCUT2D eigenvalue weighted by atomic mass is 9.60. The summed E-state index contributed by atoms with van der Waals surface area (Å²) in [7, 11) is 1.64. The van der Waals surface area contributed by atoms with Gasteiger partial charge >= 0.3 is 5.97 Å². The molecule has 0 unspecified atom stereocenters. The maximum atomic E-state index is 13.4. The Hall–Kier alpha value is -0.570. The first-order chi connectivity index (χ1) is 12.9. The molecule has 3 nitrogen and oxygen atoms in total. The smallest absolute Gasteiger partial charge is 0.312 e. The molecule has 9 rings (SSSR count). The van der Waals surface area contributed by atoms with Crippen molar-refractivity contribution >= 4 is 5.97 Å². The summed E-state index contributed by atoms with van der Waals surface area (Å²) in [6, 6.07) is 0. The van der Waals surface area contributed by atoms with E-state index >= 15 is 0 Å². The molecule has 3 heteroatoms. The Labute approximate surface area is 160 Å². The molecule has 2 spiro atoms. The molecule has 0 amide bonds. The topological polar surface area (TPSA) is 38.8 Å². The predicted molar refractivity (Wildman–Crippen MR) is 96.3 cm³/mol. The van der Waals surface area contributed by atoms with Crippen LogP contribution < -0.4 is 0 Å². The quantitative estimate of drug-likeness (QED) is 0.526. The molecule has 0 N–H and O–H groups in total. The van der Waals surface area contributed by atoms with Gasteiger partial charge < -0.3 is 9.47 Å². The summed E-state index contributed by atoms with van der Waals surface area (Å²) in [4.78, 5) is 13.4. The summed E-state index contributed by atoms with van der Waals surface area (Å²) >= 11 is 0. The lowest BCUT2D eigenvalue weighted by Gasteiger charge is -2.41. The van der Waals surface area contributed by atoms with Crippen LogP contribution in [0.1, 0.15) is 46.5 Å². The molecule has 0 aromatic heterocycles. The molecule has 8 saturated carbocycles. The molecule has 27 heavy (non-hydrogen) atoms. The fourth-order valence-corrected chi connectivity index (χ4v) is 14.4. The summed E-state index contributed by atoms with van der Waals surface area (Å²) in [6.07, 6.45) is 5.27. The molecule has 0 radical (unpaired) electrons. The Bertz CT molecular complexity index is 898. The molecule has 0 bridgehead atoms. The van der Waals surface area contributed by atoms with Crippen LogP contribution in [0.15, 0.2) is 0 Å². The van der Waals surface area contributed by atoms with Gasteiger partial charge in [0.1, 0.15) is 11.2 Å². The van der Waals surface area contributed by atoms with Crippen LogP contribution in [0.3, 0.4) is 0 Å². The van der Waals surface area contributed by atoms with Crippen LogP contribution in [0, 0.1) is 75.4 Å². The molecule has 144 valence electrons. The van der Waals surface area contributed by atoms with Gasteiger partial charge in [-0.2, -0.15) is 0 Å². The number of carbonyl (C=O) groups is 1. The Morgan fingerprint density at radius 3 is 2.22 bits per heavy atom. The highest BCUT2D eigenvalue weighted by Crippen LogP contribution is 3.02. The monoisotopic (exact) mass is 366 g/mol. The van der Waals surface area contributed by atoms with E-state index in [-0.39, 0.29) is 22.6 Å². The molecule has 8 aliphatic carbocycles. The van der Waals surface area contributed by atoms with Crippen molar-refractivity contribution in [1.82, 2.24) is 0 Å². The molecule has 9 fully saturated rings. The second kappa shape index (κ2) is 3.24. The third-order valence-electron chi connectivity index (χ3n) is 13.7. The van der Waals surface area contributed by atoms with Gasteiger partial charge in [-0.25, -0.2) is 0 Å². The van der Waals surface area contributed by atoms with Crippen LogP contribution >= 0.6 is 0 Å². The highest BCUT2D eigenvalue weighted by atomic mass is 16.6. The predicted octanol–water partition coefficient (Wildman–Crippen LogP) is 3.52. The molecule has 0 aromatic carbocycles. The fourth-order valence-electron chi connectivity index (χ4n) is 14.4. The molecular formula is C24H30O3. The van der Waals surface area contributed by atoms with E-state index in [1.54, 1.807) is 7.11 Å². The molecule has 1 saturated heterocycles. The standard InChI is InChI=1S/C24H30O3/c1-20-7-5-9-13-11-12-14(21(13,2)19(25)26-4)10-6-8-23-16(10)18(12)22(3,17(11)15(9)20)24(20,23)27-23/h9-18H,5-8H2,1-4H3/t9-,10+,11+,12-,13-,14-,15+,16+,17-,18-,20-,21+,22+,23-,24-/m1/s1. The van der Waals surface area contributed by atoms with Gasteiger partial charge in [-0.05, 0) is 91.8 Å². The van der Waals surface area contributed by atoms with Crippen LogP contribution in [0.4, 0.5) is 0 Å². The van der Waals surface area contributed by atoms with Gasteiger partial charge in [-0.1, -0.05) is 13.8 Å². The van der Waals surface area contributed by atoms with Crippen LogP contribution in [0.2, 0.25) is 0 Å². The molecular weight excluding hydrogens is 336 g/mol. The third-order valence-corrected chi connectivity index (χ3v) is 13.7. The number of methoxy groups -OCH3 is 1. The second-order valence-electron chi connectivity index (χ2n) is 12.9. The number of carbonyl (C=O) groups excluding carboxylic acids is 1. The van der Waals surface area contributed by atoms with E-state index < -0.39 is 0 Å². The summed E-state index contributed by atoms with van der Waals surface area (Å²) in [5.74, 6) is 7.59. The van der Waals surface area contributed by atoms with E-state index in [2.05, 4.69) is 20.8 Å². The highest BCUT2D eigenvalue weighted by Gasteiger charge is 3.06. The maximum Gasteiger partial charge on any atom is 0.312 e. The molecule has 15 atom stereocenters. The first kappa shape index (κ1) is 14.4. The average molecular weight is 367 g/mol. The summed E-state index contributed by atoms with van der Waals surface area (Å²) in [5.41, 5.74) is 0.961. The van der Waals surface area contributed by atoms with Crippen molar-refractivity contribution < 1.29 is 14.3 Å². The minimum atomic E-state index is -0.232. The minimum Gasteiger partial charge on any atom is -0.469 e. The van der Waals surface area contributed by atoms with Crippen molar-refractivity contribution in [2.45, 2.75) is 57.7 Å². The van der Waals surface area contributed by atoms with Crippen molar-refractivity contribution in [3.8, 4) is 0 Å². The van der Waals surface area contributed by atoms with Crippen LogP contribution in [-0.4, -0.2) is 24.3 Å². The first-order valence-electron chi connectivity index (χ1n) is 11.6. The SMILES string of the molecule is COC(=O)[C@]1(C)[C@@H]2[C@@H]3CC[C@]45O[C@]46[C@@]4(C)[C@@H]7[C@@H]([C@H]2[C@@H]4[C@H]35)[C@H]1[C@H]1CC[C@]6(C)[C@@H]17. The van der Waals surface area contributed by atoms with Gasteiger partial charge in [0.25, 0.3) is 0 Å². The number of esters is 1. The van der Waals surface area contributed by atoms with E-state index in [1.807, 2.05) is 0 Å². The van der Waals surface area contributed by atoms with E-state index in [4.69, 9.17) is 9.47 Å². The Balaban J connectivity index is 1.43. The number of hydrogen-bond donors (Lipinski definition) is 0. The maximum absolute atomic E-state index is 13.4. The second-order valence-corrected chi connectivity index (χ2v) is 12.9. The molecule has 0 aromatic rings. The summed E-state index contributed by atoms with van der Waals surface area (Å²) < 4.78 is 12.7. The van der Waals surface area contributed by atoms with Gasteiger partial charge in [-0.3, -0.25) is 4.79 Å². The van der Waals surface area contributed by atoms with Crippen LogP contribution in [-0.2, 0) is 14.3 Å². The van der Waals surface area contributed by atoms with Gasteiger partial charge in [0.15, 0.2) is 0 Å². The van der Waals surface area contributed by atoms with Crippen molar-refractivity contribution in [2.24, 2.45) is 75.4 Å². The van der Waals surface area contributed by atoms with Crippen molar-refractivity contribution in [3.63, 3.8) is 0 Å². The van der Waals surface area contributed by atoms with E-state index in [0.29, 0.717) is 22.7 Å². The highest BCUT2D eigenvalue weighted by molar-refractivity contribution is 5.79. The van der Waals surface area contributed by atoms with Gasteiger partial charge in [0, 0.05) is 10.8 Å². The van der Waals surface area contributed by atoms with Gasteiger partial charge in [0.2, 0.25) is 0 Å². The third kappa shape index (κ3) is 0.821. The van der Waals surface area contributed by atoms with Crippen molar-refractivity contribution in [2.75, 3.05) is 7.11 Å². The zero-order chi connectivity index (χ0) is 18.1. The number of rotatable bonds is 1. The molecule has 1 heterocycles. The van der Waals surface area contributed by atoms with E-state index in [1.165, 1.54) is 25.7 Å². The normalized spacial score (nSPS) is 81.5. The van der Waals surface area contributed by atoms with Gasteiger partial charge in [0.05, 0.1) is 12.5 Å². The number of epoxide rings is 1. The Morgan fingerprint density at radius 1 is 0.889 bits per heavy atom. The lowest BCUT2D eigenvalue weighted by Crippen LogP contribution is -2.48. The summed E-state index contributed by atoms with van der Waals surface area (Å²) in [5, 5.41) is 0. The molecule has 1 aliphatic heterocycles. The van der Waals surface area contributed by atoms with E-state index in [0.717, 1.165) is 47.3 Å². The minimum absolute atomic E-state index is 0.131. The number of hydrogen-bond acceptors (Lipinski definition) is 3. The summed E-state index contributed by atoms with van der Waals surface area (Å²) in [6.45, 7) is 7.67. The zero-order valence-corrected chi connectivity index (χ0v) is 16.8. The van der Waals surface area contributed by atoms with Crippen molar-refractivity contribution in [1.29, 1.82) is 0 Å². The largest absolute Gasteiger partial charge is 0.469 e. The number of fused-ring (bicyclic) bond motifs is 2. The lowest BCUT2D eigenvalue weighted by molar-refractivity contribution is -0.160. The molecule has 9 aliphatic rings. The van der Waals surface area contributed by atoms with E-state index in [9.17, 15) is 4.79 Å². The van der Waals surface area contributed by atoms with Gasteiger partial charge in [-0.15, -0.1) is 0 Å². The van der Waals surface area contributed by atoms with Crippen LogP contribution in [0.25, 0.3) is 0 Å². The Kier molecular flexibility index (Phi) is 1.73. The average Bonchev–Trinajstić information content (AvgIpc) is 3.21. The van der Waals surface area contributed by atoms with Crippen molar-refractivity contribution in [3.05, 3.63) is 0 Å². The Morgan fingerprint density at radius 2 is 1.52 bits per heavy atom. The first-order valence-corrected chi connectivity index (χ1v) is 11.6. The van der Waals surface area contributed by atoms with Crippen LogP contribution in [0.5, 0.6) is 0 Å². The fraction of sp³-hybridized carbons (Fsp3) is 0.958. The zero-order valence-electron chi connectivity index (χ0n) is 16.8.